The summed E-state index contributed by atoms with van der Waals surface area (Å²) in [5.74, 6) is 0.00356. The maximum atomic E-state index is 13.0. The highest BCUT2D eigenvalue weighted by molar-refractivity contribution is 7.89. The molecule has 9 heteroatoms. The quantitative estimate of drug-likeness (QED) is 0.582. The highest BCUT2D eigenvalue weighted by atomic mass is 32.2. The molecule has 8 nitrogen and oxygen atoms in total. The summed E-state index contributed by atoms with van der Waals surface area (Å²) in [4.78, 5) is 23.9. The molecular weight excluding hydrogens is 346 g/mol. The van der Waals surface area contributed by atoms with Gasteiger partial charge in [0.05, 0.1) is 9.82 Å². The van der Waals surface area contributed by atoms with Gasteiger partial charge in [-0.2, -0.15) is 4.31 Å². The molecule has 0 aliphatic carbocycles. The molecular formula is C16H23N3O5S. The topological polar surface area (TPSA) is 101 Å². The van der Waals surface area contributed by atoms with Gasteiger partial charge < -0.3 is 4.90 Å². The number of rotatable bonds is 5. The molecule has 0 saturated carbocycles. The maximum Gasteiger partial charge on any atom is 0.270 e. The fourth-order valence-corrected chi connectivity index (χ4v) is 4.72. The predicted octanol–water partition coefficient (Wildman–Crippen LogP) is 1.79. The second-order valence-corrected chi connectivity index (χ2v) is 7.80. The SMILES string of the molecule is CCC(=O)N1CCCN(S(=O)(=O)c2cc([N+](=O)[O-])ccc2CC)CC1. The monoisotopic (exact) mass is 369 g/mol. The first kappa shape index (κ1) is 19.3. The number of nitro benzene ring substituents is 1. The van der Waals surface area contributed by atoms with Crippen molar-refractivity contribution in [3.8, 4) is 0 Å². The van der Waals surface area contributed by atoms with Gasteiger partial charge in [-0.15, -0.1) is 0 Å². The molecule has 1 aromatic carbocycles. The highest BCUT2D eigenvalue weighted by Gasteiger charge is 2.30. The van der Waals surface area contributed by atoms with Crippen LogP contribution in [0.15, 0.2) is 23.1 Å². The average molecular weight is 369 g/mol. The van der Waals surface area contributed by atoms with E-state index in [4.69, 9.17) is 0 Å². The maximum absolute atomic E-state index is 13.0. The van der Waals surface area contributed by atoms with E-state index in [-0.39, 0.29) is 23.0 Å². The molecule has 1 saturated heterocycles. The standard InChI is InChI=1S/C16H23N3O5S/c1-3-13-6-7-14(19(21)22)12-15(13)25(23,24)18-9-5-8-17(10-11-18)16(20)4-2/h6-7,12H,3-5,8-11H2,1-2H3. The summed E-state index contributed by atoms with van der Waals surface area (Å²) >= 11 is 0. The summed E-state index contributed by atoms with van der Waals surface area (Å²) in [5, 5.41) is 11.0. The van der Waals surface area contributed by atoms with Gasteiger partial charge in [0.2, 0.25) is 15.9 Å². The third-order valence-electron chi connectivity index (χ3n) is 4.37. The Morgan fingerprint density at radius 2 is 1.92 bits per heavy atom. The van der Waals surface area contributed by atoms with Crippen LogP contribution in [0.3, 0.4) is 0 Å². The molecule has 0 aromatic heterocycles. The van der Waals surface area contributed by atoms with E-state index < -0.39 is 14.9 Å². The number of nitro groups is 1. The van der Waals surface area contributed by atoms with E-state index in [1.165, 1.54) is 16.4 Å². The van der Waals surface area contributed by atoms with E-state index in [2.05, 4.69) is 0 Å². The van der Waals surface area contributed by atoms with Crippen LogP contribution in [-0.2, 0) is 21.2 Å². The fourth-order valence-electron chi connectivity index (χ4n) is 2.94. The number of hydrogen-bond donors (Lipinski definition) is 0. The molecule has 0 bridgehead atoms. The van der Waals surface area contributed by atoms with Gasteiger partial charge in [-0.05, 0) is 18.4 Å². The molecule has 25 heavy (non-hydrogen) atoms. The number of carbonyl (C=O) groups is 1. The lowest BCUT2D eigenvalue weighted by molar-refractivity contribution is -0.385. The van der Waals surface area contributed by atoms with Crippen LogP contribution < -0.4 is 0 Å². The first-order valence-electron chi connectivity index (χ1n) is 8.36. The van der Waals surface area contributed by atoms with Gasteiger partial charge in [0.15, 0.2) is 0 Å². The van der Waals surface area contributed by atoms with Crippen molar-refractivity contribution in [1.82, 2.24) is 9.21 Å². The van der Waals surface area contributed by atoms with Gasteiger partial charge in [-0.3, -0.25) is 14.9 Å². The summed E-state index contributed by atoms with van der Waals surface area (Å²) in [6.07, 6.45) is 1.39. The third-order valence-corrected chi connectivity index (χ3v) is 6.35. The van der Waals surface area contributed by atoms with Crippen LogP contribution in [0.25, 0.3) is 0 Å². The molecule has 0 atom stereocenters. The van der Waals surface area contributed by atoms with Crippen LogP contribution in [0.1, 0.15) is 32.3 Å². The average Bonchev–Trinajstić information content (AvgIpc) is 2.87. The number of amides is 1. The lowest BCUT2D eigenvalue weighted by Crippen LogP contribution is -2.37. The highest BCUT2D eigenvalue weighted by Crippen LogP contribution is 2.26. The smallest absolute Gasteiger partial charge is 0.270 e. The Morgan fingerprint density at radius 3 is 2.52 bits per heavy atom. The Balaban J connectivity index is 2.33. The Hall–Kier alpha value is -2.00. The van der Waals surface area contributed by atoms with E-state index in [0.717, 1.165) is 6.07 Å². The van der Waals surface area contributed by atoms with Gasteiger partial charge in [0.25, 0.3) is 5.69 Å². The number of benzene rings is 1. The van der Waals surface area contributed by atoms with Crippen molar-refractivity contribution >= 4 is 21.6 Å². The lowest BCUT2D eigenvalue weighted by Gasteiger charge is -2.22. The summed E-state index contributed by atoms with van der Waals surface area (Å²) in [5.41, 5.74) is 0.310. The van der Waals surface area contributed by atoms with Gasteiger partial charge in [0, 0.05) is 44.7 Å². The first-order valence-corrected chi connectivity index (χ1v) is 9.80. The molecule has 138 valence electrons. The summed E-state index contributed by atoms with van der Waals surface area (Å²) in [6, 6.07) is 3.95. The zero-order valence-corrected chi connectivity index (χ0v) is 15.3. The molecule has 1 heterocycles. The minimum absolute atomic E-state index is 0.00356. The Labute approximate surface area is 147 Å². The van der Waals surface area contributed by atoms with E-state index >= 15 is 0 Å². The van der Waals surface area contributed by atoms with Crippen LogP contribution in [0.5, 0.6) is 0 Å². The normalized spacial score (nSPS) is 16.5. The summed E-state index contributed by atoms with van der Waals surface area (Å²) in [6.45, 7) is 4.93. The Morgan fingerprint density at radius 1 is 1.20 bits per heavy atom. The number of hydrogen-bond acceptors (Lipinski definition) is 5. The number of aryl methyl sites for hydroxylation is 1. The molecule has 2 rings (SSSR count). The largest absolute Gasteiger partial charge is 0.341 e. The van der Waals surface area contributed by atoms with Crippen LogP contribution in [0.4, 0.5) is 5.69 Å². The molecule has 1 aliphatic rings. The lowest BCUT2D eigenvalue weighted by atomic mass is 10.1. The second-order valence-electron chi connectivity index (χ2n) is 5.89. The number of sulfonamides is 1. The molecule has 1 amide bonds. The zero-order valence-electron chi connectivity index (χ0n) is 14.5. The molecule has 1 fully saturated rings. The van der Waals surface area contributed by atoms with Crippen LogP contribution in [-0.4, -0.2) is 54.6 Å². The van der Waals surface area contributed by atoms with Crippen molar-refractivity contribution in [1.29, 1.82) is 0 Å². The third kappa shape index (κ3) is 4.16. The van der Waals surface area contributed by atoms with Gasteiger partial charge in [0.1, 0.15) is 0 Å². The van der Waals surface area contributed by atoms with E-state index in [1.54, 1.807) is 11.8 Å². The number of nitrogens with zero attached hydrogens (tertiary/aromatic N) is 3. The van der Waals surface area contributed by atoms with Crippen LogP contribution >= 0.6 is 0 Å². The zero-order chi connectivity index (χ0) is 18.6. The summed E-state index contributed by atoms with van der Waals surface area (Å²) in [7, 11) is -3.85. The first-order chi connectivity index (χ1) is 11.8. The molecule has 0 radical (unpaired) electrons. The Bertz CT molecular complexity index is 763. The van der Waals surface area contributed by atoms with E-state index in [0.29, 0.717) is 44.5 Å². The van der Waals surface area contributed by atoms with Crippen molar-refractivity contribution in [2.75, 3.05) is 26.2 Å². The summed E-state index contributed by atoms with van der Waals surface area (Å²) < 4.78 is 27.4. The van der Waals surface area contributed by atoms with Gasteiger partial charge in [-0.1, -0.05) is 19.9 Å². The van der Waals surface area contributed by atoms with Crippen molar-refractivity contribution < 1.29 is 18.1 Å². The number of carbonyl (C=O) groups excluding carboxylic acids is 1. The van der Waals surface area contributed by atoms with Crippen LogP contribution in [0, 0.1) is 10.1 Å². The van der Waals surface area contributed by atoms with E-state index in [1.807, 2.05) is 6.92 Å². The molecule has 1 aromatic rings. The predicted molar refractivity (Wildman–Crippen MR) is 92.7 cm³/mol. The Kier molecular flexibility index (Phi) is 6.12. The van der Waals surface area contributed by atoms with Gasteiger partial charge in [-0.25, -0.2) is 8.42 Å². The van der Waals surface area contributed by atoms with Crippen molar-refractivity contribution in [3.63, 3.8) is 0 Å². The second kappa shape index (κ2) is 7.92. The van der Waals surface area contributed by atoms with Crippen molar-refractivity contribution in [2.45, 2.75) is 38.0 Å². The van der Waals surface area contributed by atoms with Crippen molar-refractivity contribution in [3.05, 3.63) is 33.9 Å². The minimum atomic E-state index is -3.85. The fraction of sp³-hybridized carbons (Fsp3) is 0.562. The minimum Gasteiger partial charge on any atom is -0.341 e. The molecule has 0 unspecified atom stereocenters. The van der Waals surface area contributed by atoms with Gasteiger partial charge >= 0.3 is 0 Å². The molecule has 1 aliphatic heterocycles. The number of non-ortho nitro benzene ring substituents is 1. The van der Waals surface area contributed by atoms with E-state index in [9.17, 15) is 23.3 Å². The molecule has 0 spiro atoms. The van der Waals surface area contributed by atoms with Crippen LogP contribution in [0.2, 0.25) is 0 Å². The molecule has 0 N–H and O–H groups in total. The van der Waals surface area contributed by atoms with Crippen molar-refractivity contribution in [2.24, 2.45) is 0 Å².